The molecule has 0 atom stereocenters. The minimum Gasteiger partial charge on any atom is -0.383 e. The number of ketones is 1. The Kier molecular flexibility index (Phi) is 4.50. The highest BCUT2D eigenvalue weighted by atomic mass is 16.1. The van der Waals surface area contributed by atoms with Gasteiger partial charge in [-0.3, -0.25) is 4.79 Å². The first-order valence-corrected chi connectivity index (χ1v) is 6.85. The minimum absolute atomic E-state index is 0.0206. The highest BCUT2D eigenvalue weighted by molar-refractivity contribution is 6.10. The van der Waals surface area contributed by atoms with Gasteiger partial charge in [0.2, 0.25) is 0 Å². The molecule has 0 aliphatic rings. The Labute approximate surface area is 118 Å². The highest BCUT2D eigenvalue weighted by Crippen LogP contribution is 2.18. The fourth-order valence-corrected chi connectivity index (χ4v) is 2.03. The second kappa shape index (κ2) is 6.32. The van der Waals surface area contributed by atoms with Crippen LogP contribution in [0.5, 0.6) is 0 Å². The first-order valence-electron chi connectivity index (χ1n) is 6.85. The van der Waals surface area contributed by atoms with Crippen molar-refractivity contribution in [2.24, 2.45) is 0 Å². The van der Waals surface area contributed by atoms with Gasteiger partial charge in [0.1, 0.15) is 0 Å². The SMILES string of the molecule is CCCCc1nn2ncccc2c1C(=O)C=CN(C)C. The number of carbonyl (C=O) groups is 1. The lowest BCUT2D eigenvalue weighted by molar-refractivity contribution is 0.104. The molecule has 5 nitrogen and oxygen atoms in total. The van der Waals surface area contributed by atoms with Gasteiger partial charge in [0, 0.05) is 32.6 Å². The maximum atomic E-state index is 12.4. The van der Waals surface area contributed by atoms with Crippen molar-refractivity contribution in [2.45, 2.75) is 26.2 Å². The van der Waals surface area contributed by atoms with E-state index >= 15 is 0 Å². The molecule has 0 saturated heterocycles. The molecule has 0 aliphatic carbocycles. The summed E-state index contributed by atoms with van der Waals surface area (Å²) in [5.41, 5.74) is 2.27. The predicted octanol–water partition coefficient (Wildman–Crippen LogP) is 2.33. The molecule has 106 valence electrons. The van der Waals surface area contributed by atoms with Gasteiger partial charge in [-0.05, 0) is 25.0 Å². The van der Waals surface area contributed by atoms with Crippen LogP contribution in [0.25, 0.3) is 5.52 Å². The summed E-state index contributed by atoms with van der Waals surface area (Å²) in [6, 6.07) is 3.71. The van der Waals surface area contributed by atoms with E-state index in [0.29, 0.717) is 5.56 Å². The largest absolute Gasteiger partial charge is 0.383 e. The lowest BCUT2D eigenvalue weighted by atomic mass is 10.1. The van der Waals surface area contributed by atoms with E-state index in [-0.39, 0.29) is 5.78 Å². The summed E-state index contributed by atoms with van der Waals surface area (Å²) in [4.78, 5) is 14.3. The summed E-state index contributed by atoms with van der Waals surface area (Å²) in [5, 5.41) is 8.60. The van der Waals surface area contributed by atoms with E-state index in [4.69, 9.17) is 0 Å². The van der Waals surface area contributed by atoms with Crippen LogP contribution in [0.15, 0.2) is 30.6 Å². The van der Waals surface area contributed by atoms with Crippen LogP contribution in [0, 0.1) is 0 Å². The molecule has 0 saturated carbocycles. The summed E-state index contributed by atoms with van der Waals surface area (Å²) < 4.78 is 1.54. The van der Waals surface area contributed by atoms with Crippen LogP contribution in [-0.4, -0.2) is 39.6 Å². The lowest BCUT2D eigenvalue weighted by Crippen LogP contribution is -2.04. The van der Waals surface area contributed by atoms with Crippen LogP contribution < -0.4 is 0 Å². The molecule has 2 aromatic heterocycles. The summed E-state index contributed by atoms with van der Waals surface area (Å²) in [6.07, 6.45) is 7.90. The third-order valence-corrected chi connectivity index (χ3v) is 3.03. The number of nitrogens with zero attached hydrogens (tertiary/aromatic N) is 4. The van der Waals surface area contributed by atoms with Gasteiger partial charge in [-0.1, -0.05) is 13.3 Å². The Morgan fingerprint density at radius 3 is 2.95 bits per heavy atom. The molecular formula is C15H20N4O. The molecule has 0 unspecified atom stereocenters. The van der Waals surface area contributed by atoms with Gasteiger partial charge in [-0.15, -0.1) is 0 Å². The van der Waals surface area contributed by atoms with Gasteiger partial charge in [-0.2, -0.15) is 14.8 Å². The van der Waals surface area contributed by atoms with Crippen molar-refractivity contribution in [1.29, 1.82) is 0 Å². The fraction of sp³-hybridized carbons (Fsp3) is 0.400. The van der Waals surface area contributed by atoms with Crippen molar-refractivity contribution in [3.8, 4) is 0 Å². The van der Waals surface area contributed by atoms with Gasteiger partial charge in [-0.25, -0.2) is 0 Å². The van der Waals surface area contributed by atoms with Gasteiger partial charge in [0.15, 0.2) is 5.78 Å². The second-order valence-electron chi connectivity index (χ2n) is 4.97. The summed E-state index contributed by atoms with van der Waals surface area (Å²) in [6.45, 7) is 2.13. The summed E-state index contributed by atoms with van der Waals surface area (Å²) >= 11 is 0. The Morgan fingerprint density at radius 2 is 2.25 bits per heavy atom. The predicted molar refractivity (Wildman–Crippen MR) is 78.8 cm³/mol. The molecule has 0 aliphatic heterocycles. The smallest absolute Gasteiger partial charge is 0.191 e. The molecule has 0 aromatic carbocycles. The van der Waals surface area contributed by atoms with Crippen molar-refractivity contribution in [3.05, 3.63) is 41.9 Å². The summed E-state index contributed by atoms with van der Waals surface area (Å²) in [5.74, 6) is -0.0206. The number of hydrogen-bond donors (Lipinski definition) is 0. The van der Waals surface area contributed by atoms with Crippen LogP contribution in [0.3, 0.4) is 0 Å². The minimum atomic E-state index is -0.0206. The third-order valence-electron chi connectivity index (χ3n) is 3.03. The molecule has 0 fully saturated rings. The quantitative estimate of drug-likeness (QED) is 0.598. The zero-order valence-electron chi connectivity index (χ0n) is 12.2. The van der Waals surface area contributed by atoms with E-state index in [2.05, 4.69) is 17.1 Å². The van der Waals surface area contributed by atoms with Gasteiger partial charge in [0.05, 0.1) is 16.8 Å². The molecule has 2 heterocycles. The number of unbranched alkanes of at least 4 members (excludes halogenated alkanes) is 1. The maximum Gasteiger partial charge on any atom is 0.191 e. The van der Waals surface area contributed by atoms with Gasteiger partial charge >= 0.3 is 0 Å². The molecule has 0 bridgehead atoms. The lowest BCUT2D eigenvalue weighted by Gasteiger charge is -2.03. The van der Waals surface area contributed by atoms with E-state index in [9.17, 15) is 4.79 Å². The Balaban J connectivity index is 2.44. The normalized spacial score (nSPS) is 11.3. The van der Waals surface area contributed by atoms with E-state index in [1.807, 2.05) is 31.1 Å². The van der Waals surface area contributed by atoms with Crippen molar-refractivity contribution in [2.75, 3.05) is 14.1 Å². The molecule has 0 spiro atoms. The van der Waals surface area contributed by atoms with Crippen LogP contribution in [0.2, 0.25) is 0 Å². The molecule has 0 radical (unpaired) electrons. The van der Waals surface area contributed by atoms with Crippen molar-refractivity contribution in [3.63, 3.8) is 0 Å². The average molecular weight is 272 g/mol. The molecule has 20 heavy (non-hydrogen) atoms. The molecule has 5 heteroatoms. The van der Waals surface area contributed by atoms with E-state index in [1.165, 1.54) is 0 Å². The zero-order chi connectivity index (χ0) is 14.5. The van der Waals surface area contributed by atoms with Crippen LogP contribution in [0.1, 0.15) is 35.8 Å². The Morgan fingerprint density at radius 1 is 1.45 bits per heavy atom. The monoisotopic (exact) mass is 272 g/mol. The summed E-state index contributed by atoms with van der Waals surface area (Å²) in [7, 11) is 3.78. The zero-order valence-corrected chi connectivity index (χ0v) is 12.2. The van der Waals surface area contributed by atoms with Crippen LogP contribution >= 0.6 is 0 Å². The van der Waals surface area contributed by atoms with Gasteiger partial charge < -0.3 is 4.90 Å². The van der Waals surface area contributed by atoms with Crippen LogP contribution in [0.4, 0.5) is 0 Å². The Bertz CT molecular complexity index is 628. The number of allylic oxidation sites excluding steroid dienone is 1. The number of fused-ring (bicyclic) bond motifs is 1. The molecule has 2 rings (SSSR count). The van der Waals surface area contributed by atoms with E-state index in [1.54, 1.807) is 23.1 Å². The number of aromatic nitrogens is 3. The average Bonchev–Trinajstić information content (AvgIpc) is 2.80. The highest BCUT2D eigenvalue weighted by Gasteiger charge is 2.17. The number of carbonyl (C=O) groups excluding carboxylic acids is 1. The first kappa shape index (κ1) is 14.2. The van der Waals surface area contributed by atoms with E-state index in [0.717, 1.165) is 30.5 Å². The third kappa shape index (κ3) is 3.04. The topological polar surface area (TPSA) is 50.5 Å². The van der Waals surface area contributed by atoms with Crippen molar-refractivity contribution in [1.82, 2.24) is 19.7 Å². The molecule has 2 aromatic rings. The van der Waals surface area contributed by atoms with E-state index < -0.39 is 0 Å². The molecule has 0 N–H and O–H groups in total. The number of aryl methyl sites for hydroxylation is 1. The molecular weight excluding hydrogens is 252 g/mol. The van der Waals surface area contributed by atoms with Crippen molar-refractivity contribution >= 4 is 11.3 Å². The van der Waals surface area contributed by atoms with Crippen molar-refractivity contribution < 1.29 is 4.79 Å². The Hall–Kier alpha value is -2.17. The first-order chi connectivity index (χ1) is 9.63. The second-order valence-corrected chi connectivity index (χ2v) is 4.97. The fourth-order valence-electron chi connectivity index (χ4n) is 2.03. The van der Waals surface area contributed by atoms with Gasteiger partial charge in [0.25, 0.3) is 0 Å². The molecule has 0 amide bonds. The maximum absolute atomic E-state index is 12.4. The van der Waals surface area contributed by atoms with Crippen LogP contribution in [-0.2, 0) is 6.42 Å². The number of rotatable bonds is 6. The number of hydrogen-bond acceptors (Lipinski definition) is 4. The standard InChI is InChI=1S/C15H20N4O/c1-4-5-7-12-15(14(20)9-11-18(2)3)13-8-6-10-16-19(13)17-12/h6,8-11H,4-5,7H2,1-3H3.